The van der Waals surface area contributed by atoms with E-state index >= 15 is 0 Å². The van der Waals surface area contributed by atoms with Crippen LogP contribution in [0.15, 0.2) is 0 Å². The Bertz CT molecular complexity index is 101. The van der Waals surface area contributed by atoms with E-state index in [1.165, 1.54) is 32.1 Å². The van der Waals surface area contributed by atoms with E-state index in [4.69, 9.17) is 0 Å². The minimum Gasteiger partial charge on any atom is -0.240 e. The molecule has 0 aliphatic rings. The van der Waals surface area contributed by atoms with Crippen LogP contribution in [0.5, 0.6) is 0 Å². The fourth-order valence-corrected chi connectivity index (χ4v) is 1.59. The fourth-order valence-electron chi connectivity index (χ4n) is 1.59. The van der Waals surface area contributed by atoms with Gasteiger partial charge in [0.15, 0.2) is 0 Å². The maximum atomic E-state index is 13.1. The van der Waals surface area contributed by atoms with E-state index in [-0.39, 0.29) is 6.17 Å². The largest absolute Gasteiger partial charge is 0.240 e. The molecule has 0 N–H and O–H groups in total. The summed E-state index contributed by atoms with van der Waals surface area (Å²) in [7, 11) is 0. The first-order valence-electron chi connectivity index (χ1n) is 6.31. The summed E-state index contributed by atoms with van der Waals surface area (Å²) in [4.78, 5) is 0. The summed E-state index contributed by atoms with van der Waals surface area (Å²) < 4.78 is 13.1. The summed E-state index contributed by atoms with van der Waals surface area (Å²) in [6.07, 6.45) is 11.3. The number of halogens is 1. The van der Waals surface area contributed by atoms with Gasteiger partial charge in [-0.25, -0.2) is 4.39 Å². The molecule has 0 aromatic heterocycles. The van der Waals surface area contributed by atoms with Gasteiger partial charge in [-0.1, -0.05) is 65.2 Å². The van der Waals surface area contributed by atoms with Crippen LogP contribution in [0.25, 0.3) is 0 Å². The van der Waals surface area contributed by atoms with Crippen LogP contribution >= 0.6 is 0 Å². The fraction of sp³-hybridized carbons (Fsp3) is 0.923. The van der Waals surface area contributed by atoms with Gasteiger partial charge in [0.1, 0.15) is 6.17 Å². The molecule has 0 nitrogen and oxygen atoms in total. The topological polar surface area (TPSA) is 0 Å². The lowest BCUT2D eigenvalue weighted by Crippen LogP contribution is -1.90. The van der Waals surface area contributed by atoms with Crippen LogP contribution in [0, 0.1) is 6.17 Å². The average molecular weight is 201 g/mol. The highest BCUT2D eigenvalue weighted by molar-refractivity contribution is 4.75. The van der Waals surface area contributed by atoms with Crippen molar-refractivity contribution >= 4 is 0 Å². The Hall–Kier alpha value is -0.0700. The summed E-state index contributed by atoms with van der Waals surface area (Å²) in [5, 5.41) is 0. The van der Waals surface area contributed by atoms with Gasteiger partial charge in [-0.3, -0.25) is 0 Å². The minimum absolute atomic E-state index is 0.224. The lowest BCUT2D eigenvalue weighted by Gasteiger charge is -2.05. The molecule has 0 rings (SSSR count). The average Bonchev–Trinajstić information content (AvgIpc) is 2.20. The maximum Gasteiger partial charge on any atom is 0.144 e. The Morgan fingerprint density at radius 3 is 1.86 bits per heavy atom. The molecule has 0 heterocycles. The first-order chi connectivity index (χ1) is 6.81. The molecular weight excluding hydrogens is 175 g/mol. The van der Waals surface area contributed by atoms with E-state index in [2.05, 4.69) is 13.8 Å². The van der Waals surface area contributed by atoms with Gasteiger partial charge < -0.3 is 0 Å². The zero-order chi connectivity index (χ0) is 10.6. The molecule has 0 saturated heterocycles. The number of hydrogen-bond acceptors (Lipinski definition) is 0. The van der Waals surface area contributed by atoms with E-state index in [0.29, 0.717) is 12.8 Å². The maximum absolute atomic E-state index is 13.1. The molecular formula is C13H26F. The molecule has 0 unspecified atom stereocenters. The standard InChI is InChI=1S/C13H26F/c1-3-5-7-8-9-10-12-13(14)11-6-4-2/h3-12H2,1-2H3. The van der Waals surface area contributed by atoms with Crippen molar-refractivity contribution in [3.63, 3.8) is 0 Å². The van der Waals surface area contributed by atoms with Gasteiger partial charge in [-0.15, -0.1) is 0 Å². The molecule has 85 valence electrons. The third-order valence-electron chi connectivity index (χ3n) is 2.60. The predicted octanol–water partition coefficient (Wildman–Crippen LogP) is 5.43. The SMILES string of the molecule is CCCCCCCC[C](F)CCCC. The van der Waals surface area contributed by atoms with Crippen LogP contribution in [-0.2, 0) is 0 Å². The van der Waals surface area contributed by atoms with Crippen molar-refractivity contribution in [1.29, 1.82) is 0 Å². The second-order valence-electron chi connectivity index (χ2n) is 4.14. The molecule has 0 fully saturated rings. The van der Waals surface area contributed by atoms with Crippen LogP contribution in [0.1, 0.15) is 78.1 Å². The molecule has 0 spiro atoms. The molecule has 1 heteroatoms. The van der Waals surface area contributed by atoms with E-state index in [9.17, 15) is 4.39 Å². The smallest absolute Gasteiger partial charge is 0.144 e. The van der Waals surface area contributed by atoms with Gasteiger partial charge in [0.05, 0.1) is 0 Å². The van der Waals surface area contributed by atoms with E-state index < -0.39 is 0 Å². The molecule has 0 bridgehead atoms. The van der Waals surface area contributed by atoms with Crippen LogP contribution in [0.3, 0.4) is 0 Å². The van der Waals surface area contributed by atoms with Gasteiger partial charge >= 0.3 is 0 Å². The lowest BCUT2D eigenvalue weighted by atomic mass is 10.0. The first-order valence-corrected chi connectivity index (χ1v) is 6.31. The van der Waals surface area contributed by atoms with Crippen molar-refractivity contribution in [3.05, 3.63) is 6.17 Å². The highest BCUT2D eigenvalue weighted by Gasteiger charge is 2.05. The Kier molecular flexibility index (Phi) is 11.0. The summed E-state index contributed by atoms with van der Waals surface area (Å²) in [5.41, 5.74) is 0. The van der Waals surface area contributed by atoms with Crippen molar-refractivity contribution < 1.29 is 4.39 Å². The molecule has 1 radical (unpaired) electrons. The van der Waals surface area contributed by atoms with E-state index in [1.807, 2.05) is 0 Å². The zero-order valence-electron chi connectivity index (χ0n) is 9.95. The van der Waals surface area contributed by atoms with Crippen molar-refractivity contribution in [2.45, 2.75) is 78.1 Å². The van der Waals surface area contributed by atoms with Crippen LogP contribution < -0.4 is 0 Å². The normalized spacial score (nSPS) is 11.1. The van der Waals surface area contributed by atoms with Crippen LogP contribution in [0.4, 0.5) is 4.39 Å². The third kappa shape index (κ3) is 10.0. The minimum atomic E-state index is 0.224. The van der Waals surface area contributed by atoms with Crippen molar-refractivity contribution in [2.75, 3.05) is 0 Å². The highest BCUT2D eigenvalue weighted by Crippen LogP contribution is 2.20. The summed E-state index contributed by atoms with van der Waals surface area (Å²) >= 11 is 0. The van der Waals surface area contributed by atoms with Gasteiger partial charge in [0.2, 0.25) is 0 Å². The molecule has 0 aliphatic heterocycles. The Morgan fingerprint density at radius 2 is 1.21 bits per heavy atom. The lowest BCUT2D eigenvalue weighted by molar-refractivity contribution is 0.403. The zero-order valence-corrected chi connectivity index (χ0v) is 9.95. The van der Waals surface area contributed by atoms with Crippen molar-refractivity contribution in [3.8, 4) is 0 Å². The second kappa shape index (κ2) is 11.0. The van der Waals surface area contributed by atoms with Gasteiger partial charge in [-0.05, 0) is 12.8 Å². The second-order valence-corrected chi connectivity index (χ2v) is 4.14. The Labute approximate surface area is 89.3 Å². The predicted molar refractivity (Wildman–Crippen MR) is 61.9 cm³/mol. The Morgan fingerprint density at radius 1 is 0.714 bits per heavy atom. The van der Waals surface area contributed by atoms with Crippen molar-refractivity contribution in [1.82, 2.24) is 0 Å². The molecule has 0 saturated carbocycles. The van der Waals surface area contributed by atoms with Crippen molar-refractivity contribution in [2.24, 2.45) is 0 Å². The molecule has 0 aromatic rings. The number of rotatable bonds is 10. The summed E-state index contributed by atoms with van der Waals surface area (Å²) in [5.74, 6) is 0. The van der Waals surface area contributed by atoms with E-state index in [1.54, 1.807) is 0 Å². The molecule has 0 aromatic carbocycles. The quantitative estimate of drug-likeness (QED) is 0.413. The summed E-state index contributed by atoms with van der Waals surface area (Å²) in [6.45, 7) is 4.33. The molecule has 0 amide bonds. The monoisotopic (exact) mass is 201 g/mol. The van der Waals surface area contributed by atoms with Crippen LogP contribution in [0.2, 0.25) is 0 Å². The molecule has 14 heavy (non-hydrogen) atoms. The van der Waals surface area contributed by atoms with Gasteiger partial charge in [0.25, 0.3) is 0 Å². The molecule has 0 aliphatic carbocycles. The Balaban J connectivity index is 3.02. The van der Waals surface area contributed by atoms with Gasteiger partial charge in [-0.2, -0.15) is 0 Å². The van der Waals surface area contributed by atoms with Crippen LogP contribution in [-0.4, -0.2) is 0 Å². The number of unbranched alkanes of at least 4 members (excludes halogenated alkanes) is 6. The summed E-state index contributed by atoms with van der Waals surface area (Å²) in [6, 6.07) is 0. The highest BCUT2D eigenvalue weighted by atomic mass is 19.1. The molecule has 0 atom stereocenters. The number of hydrogen-bond donors (Lipinski definition) is 0. The first kappa shape index (κ1) is 13.9. The third-order valence-corrected chi connectivity index (χ3v) is 2.60. The van der Waals surface area contributed by atoms with Gasteiger partial charge in [0, 0.05) is 0 Å². The van der Waals surface area contributed by atoms with E-state index in [0.717, 1.165) is 19.3 Å².